The number of hydrogen-bond donors (Lipinski definition) is 1. The lowest BCUT2D eigenvalue weighted by atomic mass is 10.0. The SMILES string of the molecule is COc1ccc(C(=O)N[C@H](C(=O)N2CCOCC2)c2ccccc2)cc1OC. The maximum atomic E-state index is 13.1. The topological polar surface area (TPSA) is 77.1 Å². The van der Waals surface area contributed by atoms with Crippen molar-refractivity contribution in [3.63, 3.8) is 0 Å². The molecule has 148 valence electrons. The van der Waals surface area contributed by atoms with Gasteiger partial charge in [0.25, 0.3) is 5.91 Å². The molecule has 1 aliphatic heterocycles. The number of ether oxygens (including phenoxy) is 3. The Morgan fingerprint density at radius 3 is 2.32 bits per heavy atom. The molecule has 2 aromatic carbocycles. The van der Waals surface area contributed by atoms with Gasteiger partial charge in [0, 0.05) is 18.7 Å². The summed E-state index contributed by atoms with van der Waals surface area (Å²) in [7, 11) is 3.04. The maximum Gasteiger partial charge on any atom is 0.252 e. The van der Waals surface area contributed by atoms with E-state index in [1.165, 1.54) is 14.2 Å². The van der Waals surface area contributed by atoms with E-state index in [1.54, 1.807) is 23.1 Å². The van der Waals surface area contributed by atoms with Gasteiger partial charge in [0.15, 0.2) is 11.5 Å². The van der Waals surface area contributed by atoms with Gasteiger partial charge in [-0.2, -0.15) is 0 Å². The van der Waals surface area contributed by atoms with Crippen molar-refractivity contribution in [2.24, 2.45) is 0 Å². The van der Waals surface area contributed by atoms with Crippen molar-refractivity contribution in [1.29, 1.82) is 0 Å². The van der Waals surface area contributed by atoms with Crippen molar-refractivity contribution >= 4 is 11.8 Å². The summed E-state index contributed by atoms with van der Waals surface area (Å²) in [5.74, 6) is 0.466. The van der Waals surface area contributed by atoms with Gasteiger partial charge in [0.2, 0.25) is 5.91 Å². The Kier molecular flexibility index (Phi) is 6.49. The van der Waals surface area contributed by atoms with Crippen molar-refractivity contribution in [2.45, 2.75) is 6.04 Å². The summed E-state index contributed by atoms with van der Waals surface area (Å²) in [6.45, 7) is 2.01. The van der Waals surface area contributed by atoms with Crippen LogP contribution in [0.1, 0.15) is 22.0 Å². The van der Waals surface area contributed by atoms with Crippen LogP contribution in [0.15, 0.2) is 48.5 Å². The van der Waals surface area contributed by atoms with Crippen molar-refractivity contribution in [2.75, 3.05) is 40.5 Å². The van der Waals surface area contributed by atoms with E-state index >= 15 is 0 Å². The Morgan fingerprint density at radius 2 is 1.68 bits per heavy atom. The molecule has 1 saturated heterocycles. The van der Waals surface area contributed by atoms with Crippen molar-refractivity contribution in [3.8, 4) is 11.5 Å². The summed E-state index contributed by atoms with van der Waals surface area (Å²) in [5, 5.41) is 2.87. The van der Waals surface area contributed by atoms with Crippen LogP contribution in [0.5, 0.6) is 11.5 Å². The molecule has 0 bridgehead atoms. The number of amides is 2. The summed E-state index contributed by atoms with van der Waals surface area (Å²) in [6, 6.07) is 13.3. The minimum absolute atomic E-state index is 0.150. The molecular formula is C21H24N2O5. The Balaban J connectivity index is 1.84. The molecule has 0 saturated carbocycles. The predicted molar refractivity (Wildman–Crippen MR) is 104 cm³/mol. The summed E-state index contributed by atoms with van der Waals surface area (Å²) in [5.41, 5.74) is 1.11. The van der Waals surface area contributed by atoms with E-state index in [0.717, 1.165) is 5.56 Å². The van der Waals surface area contributed by atoms with Crippen molar-refractivity contribution in [3.05, 3.63) is 59.7 Å². The van der Waals surface area contributed by atoms with E-state index < -0.39 is 6.04 Å². The molecule has 1 fully saturated rings. The molecule has 1 heterocycles. The zero-order chi connectivity index (χ0) is 19.9. The Labute approximate surface area is 164 Å². The molecule has 2 amide bonds. The van der Waals surface area contributed by atoms with Gasteiger partial charge in [-0.05, 0) is 23.8 Å². The highest BCUT2D eigenvalue weighted by atomic mass is 16.5. The van der Waals surface area contributed by atoms with Crippen molar-refractivity contribution < 1.29 is 23.8 Å². The Morgan fingerprint density at radius 1 is 1.00 bits per heavy atom. The van der Waals surface area contributed by atoms with Crippen LogP contribution in [0.4, 0.5) is 0 Å². The van der Waals surface area contributed by atoms with E-state index in [2.05, 4.69) is 5.32 Å². The number of nitrogens with zero attached hydrogens (tertiary/aromatic N) is 1. The molecule has 0 aromatic heterocycles. The first-order chi connectivity index (χ1) is 13.6. The average Bonchev–Trinajstić information content (AvgIpc) is 2.77. The quantitative estimate of drug-likeness (QED) is 0.825. The summed E-state index contributed by atoms with van der Waals surface area (Å²) in [4.78, 5) is 27.7. The van der Waals surface area contributed by atoms with E-state index in [4.69, 9.17) is 14.2 Å². The lowest BCUT2D eigenvalue weighted by Gasteiger charge is -2.31. The van der Waals surface area contributed by atoms with E-state index in [-0.39, 0.29) is 11.8 Å². The Hall–Kier alpha value is -3.06. The molecule has 7 heteroatoms. The largest absolute Gasteiger partial charge is 0.493 e. The molecule has 0 unspecified atom stereocenters. The zero-order valence-corrected chi connectivity index (χ0v) is 16.0. The summed E-state index contributed by atoms with van der Waals surface area (Å²) >= 11 is 0. The number of benzene rings is 2. The normalized spacial score (nSPS) is 14.9. The molecule has 1 aliphatic rings. The molecule has 2 aromatic rings. The summed E-state index contributed by atoms with van der Waals surface area (Å²) in [6.07, 6.45) is 0. The van der Waals surface area contributed by atoms with Crippen LogP contribution in [-0.2, 0) is 9.53 Å². The van der Waals surface area contributed by atoms with Crippen LogP contribution in [0, 0.1) is 0 Å². The van der Waals surface area contributed by atoms with Crippen LogP contribution in [0.2, 0.25) is 0 Å². The fraction of sp³-hybridized carbons (Fsp3) is 0.333. The van der Waals surface area contributed by atoms with Gasteiger partial charge >= 0.3 is 0 Å². The first-order valence-electron chi connectivity index (χ1n) is 9.08. The van der Waals surface area contributed by atoms with Gasteiger partial charge in [-0.25, -0.2) is 0 Å². The van der Waals surface area contributed by atoms with Crippen LogP contribution in [0.25, 0.3) is 0 Å². The summed E-state index contributed by atoms with van der Waals surface area (Å²) < 4.78 is 15.8. The molecule has 0 spiro atoms. The number of nitrogens with one attached hydrogen (secondary N) is 1. The fourth-order valence-electron chi connectivity index (χ4n) is 3.09. The molecule has 0 aliphatic carbocycles. The maximum absolute atomic E-state index is 13.1. The molecule has 0 radical (unpaired) electrons. The lowest BCUT2D eigenvalue weighted by Crippen LogP contribution is -2.47. The van der Waals surface area contributed by atoms with E-state index in [1.807, 2.05) is 30.3 Å². The van der Waals surface area contributed by atoms with E-state index in [0.29, 0.717) is 43.4 Å². The van der Waals surface area contributed by atoms with Gasteiger partial charge in [-0.3, -0.25) is 9.59 Å². The number of morpholine rings is 1. The number of hydrogen-bond acceptors (Lipinski definition) is 5. The number of carbonyl (C=O) groups is 2. The zero-order valence-electron chi connectivity index (χ0n) is 16.0. The van der Waals surface area contributed by atoms with Crippen LogP contribution < -0.4 is 14.8 Å². The van der Waals surface area contributed by atoms with Gasteiger partial charge in [0.1, 0.15) is 6.04 Å². The second kappa shape index (κ2) is 9.23. The third kappa shape index (κ3) is 4.43. The number of methoxy groups -OCH3 is 2. The van der Waals surface area contributed by atoms with Gasteiger partial charge in [-0.1, -0.05) is 30.3 Å². The minimum atomic E-state index is -0.778. The monoisotopic (exact) mass is 384 g/mol. The molecule has 1 N–H and O–H groups in total. The second-order valence-electron chi connectivity index (χ2n) is 6.32. The highest BCUT2D eigenvalue weighted by molar-refractivity contribution is 5.98. The first kappa shape index (κ1) is 19.7. The third-order valence-electron chi connectivity index (χ3n) is 4.62. The first-order valence-corrected chi connectivity index (χ1v) is 9.08. The van der Waals surface area contributed by atoms with Crippen LogP contribution in [0.3, 0.4) is 0 Å². The van der Waals surface area contributed by atoms with Crippen LogP contribution in [-0.4, -0.2) is 57.2 Å². The van der Waals surface area contributed by atoms with Gasteiger partial charge in [0.05, 0.1) is 27.4 Å². The Bertz CT molecular complexity index is 819. The molecule has 28 heavy (non-hydrogen) atoms. The van der Waals surface area contributed by atoms with Gasteiger partial charge < -0.3 is 24.4 Å². The average molecular weight is 384 g/mol. The smallest absolute Gasteiger partial charge is 0.252 e. The minimum Gasteiger partial charge on any atom is -0.493 e. The predicted octanol–water partition coefficient (Wildman–Crippen LogP) is 2.03. The highest BCUT2D eigenvalue weighted by Gasteiger charge is 2.29. The fourth-order valence-corrected chi connectivity index (χ4v) is 3.09. The second-order valence-corrected chi connectivity index (χ2v) is 6.32. The molecule has 7 nitrogen and oxygen atoms in total. The molecule has 1 atom stereocenters. The molecular weight excluding hydrogens is 360 g/mol. The standard InChI is InChI=1S/C21H24N2O5/c1-26-17-9-8-16(14-18(17)27-2)20(24)22-19(15-6-4-3-5-7-15)21(25)23-10-12-28-13-11-23/h3-9,14,19H,10-13H2,1-2H3,(H,22,24)/t19-/m0/s1. The van der Waals surface area contributed by atoms with Crippen molar-refractivity contribution in [1.82, 2.24) is 10.2 Å². The van der Waals surface area contributed by atoms with E-state index in [9.17, 15) is 9.59 Å². The highest BCUT2D eigenvalue weighted by Crippen LogP contribution is 2.28. The van der Waals surface area contributed by atoms with Gasteiger partial charge in [-0.15, -0.1) is 0 Å². The number of carbonyl (C=O) groups excluding carboxylic acids is 2. The van der Waals surface area contributed by atoms with Crippen LogP contribution >= 0.6 is 0 Å². The third-order valence-corrected chi connectivity index (χ3v) is 4.62. The lowest BCUT2D eigenvalue weighted by molar-refractivity contribution is -0.137. The number of rotatable bonds is 6. The molecule has 3 rings (SSSR count).